The van der Waals surface area contributed by atoms with Crippen molar-refractivity contribution >= 4 is 11.3 Å². The maximum atomic E-state index is 4.33. The lowest BCUT2D eigenvalue weighted by Gasteiger charge is -1.98. The second kappa shape index (κ2) is 4.35. The maximum Gasteiger partial charge on any atom is 0.114 e. The second-order valence-electron chi connectivity index (χ2n) is 4.13. The average molecular weight is 234 g/mol. The van der Waals surface area contributed by atoms with E-state index >= 15 is 0 Å². The summed E-state index contributed by atoms with van der Waals surface area (Å²) in [5.74, 6) is 0. The molecule has 1 aliphatic carbocycles. The van der Waals surface area contributed by atoms with Crippen LogP contribution in [-0.2, 0) is 13.1 Å². The molecule has 0 amide bonds. The lowest BCUT2D eigenvalue weighted by atomic mass is 10.3. The van der Waals surface area contributed by atoms with Crippen molar-refractivity contribution < 1.29 is 0 Å². The van der Waals surface area contributed by atoms with E-state index in [1.54, 1.807) is 11.3 Å². The van der Waals surface area contributed by atoms with Gasteiger partial charge in [0.1, 0.15) is 5.01 Å². The quantitative estimate of drug-likeness (QED) is 0.855. The summed E-state index contributed by atoms with van der Waals surface area (Å²) in [7, 11) is 0. The molecule has 0 aromatic carbocycles. The zero-order chi connectivity index (χ0) is 10.8. The van der Waals surface area contributed by atoms with Crippen molar-refractivity contribution in [3.63, 3.8) is 0 Å². The Labute approximate surface area is 98.3 Å². The summed E-state index contributed by atoms with van der Waals surface area (Å²) in [4.78, 5) is 4.25. The first kappa shape index (κ1) is 9.99. The van der Waals surface area contributed by atoms with E-state index in [0.717, 1.165) is 24.1 Å². The van der Waals surface area contributed by atoms with Gasteiger partial charge in [0.25, 0.3) is 0 Å². The van der Waals surface area contributed by atoms with E-state index in [9.17, 15) is 0 Å². The molecule has 1 saturated carbocycles. The Hall–Kier alpha value is -1.20. The zero-order valence-corrected chi connectivity index (χ0v) is 9.78. The Balaban J connectivity index is 1.58. The standard InChI is InChI=1S/C11H14N4S/c1-2-10(1)13-5-9-6-14-15(7-9)8-11-12-3-4-16-11/h3-4,6-7,10,13H,1-2,5,8H2. The lowest BCUT2D eigenvalue weighted by molar-refractivity contribution is 0.673. The third kappa shape index (κ3) is 2.48. The number of hydrogen-bond acceptors (Lipinski definition) is 4. The van der Waals surface area contributed by atoms with Crippen molar-refractivity contribution in [2.24, 2.45) is 0 Å². The maximum absolute atomic E-state index is 4.33. The van der Waals surface area contributed by atoms with Crippen LogP contribution in [0.25, 0.3) is 0 Å². The van der Waals surface area contributed by atoms with E-state index in [4.69, 9.17) is 0 Å². The van der Waals surface area contributed by atoms with Crippen LogP contribution in [0.2, 0.25) is 0 Å². The van der Waals surface area contributed by atoms with Crippen LogP contribution in [0.4, 0.5) is 0 Å². The summed E-state index contributed by atoms with van der Waals surface area (Å²) in [6.07, 6.45) is 8.51. The summed E-state index contributed by atoms with van der Waals surface area (Å²) in [5, 5.41) is 10.9. The first-order valence-electron chi connectivity index (χ1n) is 5.53. The Kier molecular flexibility index (Phi) is 2.71. The first-order valence-corrected chi connectivity index (χ1v) is 6.41. The number of nitrogens with one attached hydrogen (secondary N) is 1. The molecule has 2 heterocycles. The minimum atomic E-state index is 0.752. The van der Waals surface area contributed by atoms with Gasteiger partial charge in [0.2, 0.25) is 0 Å². The van der Waals surface area contributed by atoms with Crippen molar-refractivity contribution in [3.8, 4) is 0 Å². The van der Waals surface area contributed by atoms with Crippen LogP contribution >= 0.6 is 11.3 Å². The molecule has 0 saturated heterocycles. The fourth-order valence-electron chi connectivity index (χ4n) is 1.60. The summed E-state index contributed by atoms with van der Waals surface area (Å²) in [6.45, 7) is 1.71. The minimum absolute atomic E-state index is 0.752. The van der Waals surface area contributed by atoms with Gasteiger partial charge in [-0.05, 0) is 12.8 Å². The molecule has 4 nitrogen and oxygen atoms in total. The van der Waals surface area contributed by atoms with E-state index in [-0.39, 0.29) is 0 Å². The fraction of sp³-hybridized carbons (Fsp3) is 0.455. The number of aromatic nitrogens is 3. The molecule has 0 radical (unpaired) electrons. The lowest BCUT2D eigenvalue weighted by Crippen LogP contribution is -2.14. The van der Waals surface area contributed by atoms with Gasteiger partial charge < -0.3 is 5.32 Å². The van der Waals surface area contributed by atoms with E-state index in [1.165, 1.54) is 18.4 Å². The Morgan fingerprint density at radius 2 is 2.44 bits per heavy atom. The normalized spacial score (nSPS) is 15.5. The molecule has 16 heavy (non-hydrogen) atoms. The van der Waals surface area contributed by atoms with Crippen LogP contribution in [-0.4, -0.2) is 20.8 Å². The van der Waals surface area contributed by atoms with Crippen LogP contribution in [0.5, 0.6) is 0 Å². The van der Waals surface area contributed by atoms with Gasteiger partial charge in [-0.25, -0.2) is 4.98 Å². The van der Waals surface area contributed by atoms with Crippen molar-refractivity contribution in [2.45, 2.75) is 32.0 Å². The Bertz CT molecular complexity index is 444. The van der Waals surface area contributed by atoms with E-state index in [2.05, 4.69) is 21.6 Å². The molecule has 1 fully saturated rings. The van der Waals surface area contributed by atoms with Gasteiger partial charge >= 0.3 is 0 Å². The van der Waals surface area contributed by atoms with E-state index in [0.29, 0.717) is 0 Å². The Morgan fingerprint density at radius 1 is 1.50 bits per heavy atom. The fourth-order valence-corrected chi connectivity index (χ4v) is 2.21. The summed E-state index contributed by atoms with van der Waals surface area (Å²) >= 11 is 1.67. The highest BCUT2D eigenvalue weighted by atomic mass is 32.1. The van der Waals surface area contributed by atoms with Gasteiger partial charge in [-0.2, -0.15) is 5.10 Å². The predicted molar refractivity (Wildman–Crippen MR) is 63.3 cm³/mol. The van der Waals surface area contributed by atoms with Crippen LogP contribution in [0, 0.1) is 0 Å². The molecule has 0 bridgehead atoms. The third-order valence-corrected chi connectivity index (χ3v) is 3.40. The van der Waals surface area contributed by atoms with Crippen molar-refractivity contribution in [3.05, 3.63) is 34.5 Å². The van der Waals surface area contributed by atoms with Crippen LogP contribution in [0.3, 0.4) is 0 Å². The van der Waals surface area contributed by atoms with E-state index < -0.39 is 0 Å². The van der Waals surface area contributed by atoms with Gasteiger partial charge in [0.15, 0.2) is 0 Å². The average Bonchev–Trinajstić information content (AvgIpc) is 2.78. The molecule has 5 heteroatoms. The van der Waals surface area contributed by atoms with Crippen LogP contribution in [0.1, 0.15) is 23.4 Å². The van der Waals surface area contributed by atoms with Gasteiger partial charge in [-0.15, -0.1) is 11.3 Å². The summed E-state index contributed by atoms with van der Waals surface area (Å²) in [6, 6.07) is 0.752. The first-order chi connectivity index (χ1) is 7.90. The highest BCUT2D eigenvalue weighted by Crippen LogP contribution is 2.19. The molecular formula is C11H14N4S. The number of rotatable bonds is 5. The molecular weight excluding hydrogens is 220 g/mol. The molecule has 3 rings (SSSR count). The molecule has 0 atom stereocenters. The third-order valence-electron chi connectivity index (χ3n) is 2.64. The highest BCUT2D eigenvalue weighted by Gasteiger charge is 2.20. The smallest absolute Gasteiger partial charge is 0.114 e. The summed E-state index contributed by atoms with van der Waals surface area (Å²) < 4.78 is 1.95. The van der Waals surface area contributed by atoms with Crippen molar-refractivity contribution in [1.29, 1.82) is 0 Å². The van der Waals surface area contributed by atoms with Crippen LogP contribution < -0.4 is 5.32 Å². The molecule has 84 valence electrons. The monoisotopic (exact) mass is 234 g/mol. The summed E-state index contributed by atoms with van der Waals surface area (Å²) in [5.41, 5.74) is 1.25. The molecule has 0 spiro atoms. The molecule has 2 aromatic heterocycles. The SMILES string of the molecule is c1csc(Cn2cc(CNC3CC3)cn2)n1. The molecule has 1 N–H and O–H groups in total. The molecule has 1 aliphatic rings. The number of hydrogen-bond donors (Lipinski definition) is 1. The largest absolute Gasteiger partial charge is 0.310 e. The predicted octanol–water partition coefficient (Wildman–Crippen LogP) is 1.64. The van der Waals surface area contributed by atoms with Crippen LogP contribution in [0.15, 0.2) is 24.0 Å². The minimum Gasteiger partial charge on any atom is -0.310 e. The van der Waals surface area contributed by atoms with Gasteiger partial charge in [0, 0.05) is 35.9 Å². The van der Waals surface area contributed by atoms with Gasteiger partial charge in [-0.1, -0.05) is 0 Å². The van der Waals surface area contributed by atoms with Crippen molar-refractivity contribution in [2.75, 3.05) is 0 Å². The molecule has 0 unspecified atom stereocenters. The Morgan fingerprint density at radius 3 is 3.19 bits per heavy atom. The highest BCUT2D eigenvalue weighted by molar-refractivity contribution is 7.09. The van der Waals surface area contributed by atoms with Crippen molar-refractivity contribution in [1.82, 2.24) is 20.1 Å². The topological polar surface area (TPSA) is 42.7 Å². The number of thiazole rings is 1. The number of nitrogens with zero attached hydrogens (tertiary/aromatic N) is 3. The molecule has 0 aliphatic heterocycles. The van der Waals surface area contributed by atoms with Gasteiger partial charge in [-0.3, -0.25) is 4.68 Å². The zero-order valence-electron chi connectivity index (χ0n) is 8.97. The van der Waals surface area contributed by atoms with Gasteiger partial charge in [0.05, 0.1) is 12.7 Å². The molecule has 2 aromatic rings. The second-order valence-corrected chi connectivity index (χ2v) is 5.11. The van der Waals surface area contributed by atoms with E-state index in [1.807, 2.05) is 22.5 Å².